The maximum atomic E-state index is 13.6. The van der Waals surface area contributed by atoms with Crippen LogP contribution in [0.4, 0.5) is 18.9 Å². The van der Waals surface area contributed by atoms with E-state index in [1.54, 1.807) is 4.90 Å². The minimum atomic E-state index is -4.86. The van der Waals surface area contributed by atoms with Crippen LogP contribution in [0.25, 0.3) is 16.3 Å². The molecule has 8 heteroatoms. The molecule has 45 heavy (non-hydrogen) atoms. The highest BCUT2D eigenvalue weighted by Crippen LogP contribution is 2.52. The van der Waals surface area contributed by atoms with Crippen LogP contribution in [-0.4, -0.2) is 24.8 Å². The molecule has 1 amide bonds. The number of fused-ring (bicyclic) bond motifs is 2. The van der Waals surface area contributed by atoms with Gasteiger partial charge < -0.3 is 14.4 Å². The topological polar surface area (TPSA) is 55.8 Å². The molecule has 4 atom stereocenters. The molecule has 1 heterocycles. The van der Waals surface area contributed by atoms with Crippen molar-refractivity contribution in [2.75, 3.05) is 11.4 Å². The number of amides is 1. The van der Waals surface area contributed by atoms with Gasteiger partial charge in [-0.15, -0.1) is 13.2 Å². The van der Waals surface area contributed by atoms with E-state index in [4.69, 9.17) is 4.74 Å². The first kappa shape index (κ1) is 30.9. The number of halogens is 3. The quantitative estimate of drug-likeness (QED) is 0.249. The van der Waals surface area contributed by atoms with Crippen molar-refractivity contribution in [3.8, 4) is 0 Å². The van der Waals surface area contributed by atoms with Crippen molar-refractivity contribution >= 4 is 33.9 Å². The van der Waals surface area contributed by atoms with E-state index >= 15 is 0 Å². The molecule has 0 spiro atoms. The van der Waals surface area contributed by atoms with Gasteiger partial charge in [0.1, 0.15) is 11.9 Å². The minimum absolute atomic E-state index is 0.0142. The van der Waals surface area contributed by atoms with E-state index in [1.165, 1.54) is 6.08 Å². The number of rotatable bonds is 7. The molecule has 0 bridgehead atoms. The molecule has 3 aromatic carbocycles. The fourth-order valence-electron chi connectivity index (χ4n) is 7.15. The molecule has 0 aromatic heterocycles. The van der Waals surface area contributed by atoms with Crippen LogP contribution >= 0.6 is 0 Å². The number of benzene rings is 3. The molecule has 1 unspecified atom stereocenters. The van der Waals surface area contributed by atoms with Gasteiger partial charge in [0.25, 0.3) is 0 Å². The molecule has 236 valence electrons. The highest BCUT2D eigenvalue weighted by atomic mass is 19.4. The summed E-state index contributed by atoms with van der Waals surface area (Å²) in [6, 6.07) is 17.7. The number of aryl methyl sites for hydroxylation is 1. The highest BCUT2D eigenvalue weighted by Gasteiger charge is 2.49. The van der Waals surface area contributed by atoms with E-state index < -0.39 is 17.9 Å². The summed E-state index contributed by atoms with van der Waals surface area (Å²) in [5, 5.41) is 2.10. The second-order valence-electron chi connectivity index (χ2n) is 13.1. The Morgan fingerprint density at radius 2 is 1.84 bits per heavy atom. The standard InChI is InChI=1S/C37H38F3NO4/c1-6-41-32-19-27(21(2)16-31(32)36(4,5)20-34(41)42)29-17-24(14-15-33(29)45-37(38,39)40)28-18-30(28)35(43)44-22(3)25-13-9-11-23-10-7-8-12-26(23)25/h7-13,15-17,19,22,24,28,30H,6,14,18,20H2,1-5H3/t22-,24?,28-,30+/m1/s1. The summed E-state index contributed by atoms with van der Waals surface area (Å²) in [5.41, 5.74) is 3.94. The van der Waals surface area contributed by atoms with Gasteiger partial charge in [0, 0.05) is 29.6 Å². The zero-order chi connectivity index (χ0) is 32.3. The fraction of sp³-hybridized carbons (Fsp3) is 0.405. The molecular formula is C37H38F3NO4. The van der Waals surface area contributed by atoms with Gasteiger partial charge in [0.2, 0.25) is 5.91 Å². The number of anilines is 1. The normalized spacial score (nSPS) is 23.2. The fourth-order valence-corrected chi connectivity index (χ4v) is 7.15. The lowest BCUT2D eigenvalue weighted by molar-refractivity contribution is -0.302. The average Bonchev–Trinajstić information content (AvgIpc) is 3.78. The summed E-state index contributed by atoms with van der Waals surface area (Å²) in [6.07, 6.45) is -0.713. The van der Waals surface area contributed by atoms with Crippen LogP contribution in [0.1, 0.15) is 75.3 Å². The zero-order valence-electron chi connectivity index (χ0n) is 26.2. The van der Waals surface area contributed by atoms with E-state index in [1.807, 2.05) is 95.3 Å². The molecule has 3 aromatic rings. The summed E-state index contributed by atoms with van der Waals surface area (Å²) >= 11 is 0. The summed E-state index contributed by atoms with van der Waals surface area (Å²) in [7, 11) is 0. The first-order valence-electron chi connectivity index (χ1n) is 15.6. The predicted octanol–water partition coefficient (Wildman–Crippen LogP) is 8.95. The van der Waals surface area contributed by atoms with Crippen LogP contribution in [0.3, 0.4) is 0 Å². The van der Waals surface area contributed by atoms with Crippen LogP contribution in [0.2, 0.25) is 0 Å². The van der Waals surface area contributed by atoms with Crippen molar-refractivity contribution in [1.82, 2.24) is 0 Å². The number of nitrogens with zero attached hydrogens (tertiary/aromatic N) is 1. The maximum absolute atomic E-state index is 13.6. The first-order chi connectivity index (χ1) is 21.3. The van der Waals surface area contributed by atoms with Crippen LogP contribution in [0.15, 0.2) is 72.5 Å². The molecule has 3 aliphatic rings. The van der Waals surface area contributed by atoms with E-state index in [0.29, 0.717) is 42.6 Å². The van der Waals surface area contributed by atoms with E-state index in [2.05, 4.69) is 4.74 Å². The second-order valence-corrected chi connectivity index (χ2v) is 13.1. The Morgan fingerprint density at radius 1 is 1.11 bits per heavy atom. The van der Waals surface area contributed by atoms with Gasteiger partial charge in [-0.1, -0.05) is 68.5 Å². The number of hydrogen-bond donors (Lipinski definition) is 0. The number of allylic oxidation sites excluding steroid dienone is 3. The van der Waals surface area contributed by atoms with Crippen LogP contribution in [0.5, 0.6) is 0 Å². The van der Waals surface area contributed by atoms with Crippen molar-refractivity contribution in [1.29, 1.82) is 0 Å². The number of alkyl halides is 3. The summed E-state index contributed by atoms with van der Waals surface area (Å²) in [5.74, 6) is -1.11. The minimum Gasteiger partial charge on any atom is -0.458 e. The molecule has 1 saturated carbocycles. The third-order valence-corrected chi connectivity index (χ3v) is 9.56. The Labute approximate surface area is 261 Å². The summed E-state index contributed by atoms with van der Waals surface area (Å²) < 4.78 is 51.2. The number of hydrogen-bond acceptors (Lipinski definition) is 4. The second kappa shape index (κ2) is 11.4. The smallest absolute Gasteiger partial charge is 0.458 e. The summed E-state index contributed by atoms with van der Waals surface area (Å²) in [6.45, 7) is 10.1. The Morgan fingerprint density at radius 3 is 2.58 bits per heavy atom. The Balaban J connectivity index is 1.28. The number of ether oxygens (including phenoxy) is 2. The van der Waals surface area contributed by atoms with Crippen LogP contribution in [0, 0.1) is 24.7 Å². The van der Waals surface area contributed by atoms with E-state index in [-0.39, 0.29) is 35.4 Å². The Kier molecular flexibility index (Phi) is 7.82. The molecule has 1 aliphatic heterocycles. The third-order valence-electron chi connectivity index (χ3n) is 9.56. The predicted molar refractivity (Wildman–Crippen MR) is 168 cm³/mol. The van der Waals surface area contributed by atoms with Crippen LogP contribution in [-0.2, 0) is 24.5 Å². The highest BCUT2D eigenvalue weighted by molar-refractivity contribution is 5.99. The molecule has 0 saturated heterocycles. The lowest BCUT2D eigenvalue weighted by atomic mass is 9.75. The molecule has 5 nitrogen and oxygen atoms in total. The third kappa shape index (κ3) is 5.99. The van der Waals surface area contributed by atoms with Gasteiger partial charge in [0.05, 0.1) is 5.92 Å². The zero-order valence-corrected chi connectivity index (χ0v) is 26.2. The average molecular weight is 618 g/mol. The number of esters is 1. The lowest BCUT2D eigenvalue weighted by Gasteiger charge is -2.39. The van der Waals surface area contributed by atoms with Crippen LogP contribution < -0.4 is 4.90 Å². The van der Waals surface area contributed by atoms with Crippen molar-refractivity contribution in [3.05, 3.63) is 94.8 Å². The molecular weight excluding hydrogens is 579 g/mol. The Bertz CT molecular complexity index is 1730. The molecule has 6 rings (SSSR count). The van der Waals surface area contributed by atoms with Gasteiger partial charge in [-0.05, 0) is 90.6 Å². The molecule has 0 radical (unpaired) electrons. The van der Waals surface area contributed by atoms with Gasteiger partial charge in [0.15, 0.2) is 0 Å². The molecule has 1 fully saturated rings. The van der Waals surface area contributed by atoms with E-state index in [0.717, 1.165) is 27.5 Å². The van der Waals surface area contributed by atoms with Crippen molar-refractivity contribution < 1.29 is 32.2 Å². The van der Waals surface area contributed by atoms with Gasteiger partial charge in [-0.3, -0.25) is 9.59 Å². The van der Waals surface area contributed by atoms with Crippen molar-refractivity contribution in [2.24, 2.45) is 17.8 Å². The van der Waals surface area contributed by atoms with Crippen molar-refractivity contribution in [3.63, 3.8) is 0 Å². The number of carbonyl (C=O) groups excluding carboxylic acids is 2. The van der Waals surface area contributed by atoms with Gasteiger partial charge >= 0.3 is 12.3 Å². The lowest BCUT2D eigenvalue weighted by Crippen LogP contribution is -2.42. The Hall–Kier alpha value is -4.07. The SMILES string of the molecule is CCN1C(=O)CC(C)(C)c2cc(C)c(C3=CC([C@H]4C[C@@H]4C(=O)O[C@H](C)c4cccc5ccccc45)CC=C3OC(F)(F)F)cc21. The molecule has 0 N–H and O–H groups in total. The maximum Gasteiger partial charge on any atom is 0.573 e. The van der Waals surface area contributed by atoms with Gasteiger partial charge in [-0.25, -0.2) is 0 Å². The molecule has 2 aliphatic carbocycles. The van der Waals surface area contributed by atoms with E-state index in [9.17, 15) is 22.8 Å². The van der Waals surface area contributed by atoms with Crippen molar-refractivity contribution in [2.45, 2.75) is 71.8 Å². The first-order valence-corrected chi connectivity index (χ1v) is 15.6. The van der Waals surface area contributed by atoms with Gasteiger partial charge in [-0.2, -0.15) is 0 Å². The number of carbonyl (C=O) groups is 2. The monoisotopic (exact) mass is 617 g/mol. The summed E-state index contributed by atoms with van der Waals surface area (Å²) in [4.78, 5) is 28.0. The largest absolute Gasteiger partial charge is 0.573 e.